The molecule has 3 nitrogen and oxygen atoms in total. The Labute approximate surface area is 368 Å². The summed E-state index contributed by atoms with van der Waals surface area (Å²) >= 11 is 14.4. The second-order valence-electron chi connectivity index (χ2n) is 15.9. The number of hydrogen-bond acceptors (Lipinski definition) is 3. The molecule has 10 aromatic carbocycles. The van der Waals surface area contributed by atoms with Crippen LogP contribution in [0.25, 0.3) is 98.5 Å². The van der Waals surface area contributed by atoms with Crippen molar-refractivity contribution in [3.63, 3.8) is 0 Å². The third kappa shape index (κ3) is 6.78. The van der Waals surface area contributed by atoms with E-state index < -0.39 is 4.30 Å². The summed E-state index contributed by atoms with van der Waals surface area (Å²) in [7, 11) is 0. The molecule has 11 aromatic rings. The van der Waals surface area contributed by atoms with E-state index in [1.807, 2.05) is 42.5 Å². The molecule has 1 aromatic heterocycles. The van der Waals surface area contributed by atoms with Gasteiger partial charge >= 0.3 is 0 Å². The van der Waals surface area contributed by atoms with E-state index in [-0.39, 0.29) is 5.41 Å². The lowest BCUT2D eigenvalue weighted by Crippen LogP contribution is -2.15. The molecular weight excluding hydrogens is 809 g/mol. The van der Waals surface area contributed by atoms with E-state index in [1.54, 1.807) is 0 Å². The maximum Gasteiger partial charge on any atom is 0.180 e. The fourth-order valence-corrected chi connectivity index (χ4v) is 9.25. The molecule has 0 saturated carbocycles. The van der Waals surface area contributed by atoms with Crippen LogP contribution in [0.5, 0.6) is 0 Å². The number of nitriles is 1. The Bertz CT molecular complexity index is 3530. The van der Waals surface area contributed by atoms with Gasteiger partial charge in [-0.3, -0.25) is 0 Å². The van der Waals surface area contributed by atoms with E-state index in [9.17, 15) is 0 Å². The third-order valence-electron chi connectivity index (χ3n) is 12.1. The topological polar surface area (TPSA) is 49.6 Å². The largest absolute Gasteiger partial charge is 0.227 e. The predicted octanol–water partition coefficient (Wildman–Crippen LogP) is 16.0. The van der Waals surface area contributed by atoms with Gasteiger partial charge in [0.05, 0.1) is 22.8 Å². The van der Waals surface area contributed by atoms with Crippen molar-refractivity contribution in [2.45, 2.75) is 23.6 Å². The number of nitrogens with zero attached hydrogens (tertiary/aromatic N) is 3. The average Bonchev–Trinajstić information content (AvgIpc) is 3.52. The average molecular weight is 845 g/mol. The molecule has 0 aliphatic heterocycles. The number of rotatable bonds is 2. The van der Waals surface area contributed by atoms with E-state index in [4.69, 9.17) is 50.0 Å². The molecule has 1 aliphatic rings. The van der Waals surface area contributed by atoms with Crippen molar-refractivity contribution in [1.29, 1.82) is 5.26 Å². The summed E-state index contributed by atoms with van der Waals surface area (Å²) in [5.41, 5.74) is 10.1. The molecule has 6 heteroatoms. The van der Waals surface area contributed by atoms with Gasteiger partial charge in [-0.1, -0.05) is 200 Å². The Morgan fingerprint density at radius 1 is 0.475 bits per heavy atom. The highest BCUT2D eigenvalue weighted by Gasteiger charge is 2.35. The maximum absolute atomic E-state index is 8.65. The maximum atomic E-state index is 8.65. The van der Waals surface area contributed by atoms with Gasteiger partial charge in [0.25, 0.3) is 0 Å². The smallest absolute Gasteiger partial charge is 0.180 e. The van der Waals surface area contributed by atoms with Crippen LogP contribution in [-0.4, -0.2) is 14.3 Å². The van der Waals surface area contributed by atoms with E-state index in [1.165, 1.54) is 70.7 Å². The van der Waals surface area contributed by atoms with Gasteiger partial charge in [-0.25, -0.2) is 9.97 Å². The van der Waals surface area contributed by atoms with Crippen LogP contribution in [0.3, 0.4) is 0 Å². The molecule has 1 heterocycles. The molecular formula is C55H36Cl3N3. The number of hydrogen-bond donors (Lipinski definition) is 0. The summed E-state index contributed by atoms with van der Waals surface area (Å²) in [5, 5.41) is 21.9. The highest BCUT2D eigenvalue weighted by atomic mass is 35.6. The summed E-state index contributed by atoms with van der Waals surface area (Å²) < 4.78 is -0.750. The quantitative estimate of drug-likeness (QED) is 0.0989. The predicted molar refractivity (Wildman–Crippen MR) is 259 cm³/mol. The Morgan fingerprint density at radius 3 is 1.72 bits per heavy atom. The molecule has 0 N–H and O–H groups in total. The summed E-state index contributed by atoms with van der Waals surface area (Å²) in [6, 6.07) is 64.4. The molecule has 12 rings (SSSR count). The van der Waals surface area contributed by atoms with Gasteiger partial charge in [0.15, 0.2) is 10.1 Å². The monoisotopic (exact) mass is 843 g/mol. The van der Waals surface area contributed by atoms with Gasteiger partial charge in [0.2, 0.25) is 0 Å². The second-order valence-corrected chi connectivity index (χ2v) is 17.9. The summed E-state index contributed by atoms with van der Waals surface area (Å²) in [6.07, 6.45) is 0. The molecule has 0 bridgehead atoms. The van der Waals surface area contributed by atoms with Crippen LogP contribution in [0.2, 0.25) is 0 Å². The van der Waals surface area contributed by atoms with Crippen molar-refractivity contribution in [3.05, 3.63) is 193 Å². The molecule has 1 aliphatic carbocycles. The molecule has 0 unspecified atom stereocenters. The highest BCUT2D eigenvalue weighted by molar-refractivity contribution is 6.63. The minimum atomic E-state index is -0.750. The minimum absolute atomic E-state index is 0.0997. The first-order valence-electron chi connectivity index (χ1n) is 20.1. The zero-order valence-electron chi connectivity index (χ0n) is 33.3. The van der Waals surface area contributed by atoms with Crippen LogP contribution in [0.15, 0.2) is 176 Å². The fourth-order valence-electron chi connectivity index (χ4n) is 9.25. The van der Waals surface area contributed by atoms with Crippen molar-refractivity contribution in [3.8, 4) is 39.8 Å². The third-order valence-corrected chi connectivity index (χ3v) is 12.1. The Morgan fingerprint density at radius 2 is 1.02 bits per heavy atom. The normalized spacial score (nSPS) is 12.6. The Balaban J connectivity index is 0.000000235. The molecule has 0 amide bonds. The molecule has 0 spiro atoms. The molecule has 61 heavy (non-hydrogen) atoms. The number of halogens is 3. The first-order valence-corrected chi connectivity index (χ1v) is 21.4. The van der Waals surface area contributed by atoms with Crippen LogP contribution < -0.4 is 0 Å². The van der Waals surface area contributed by atoms with Crippen molar-refractivity contribution in [2.75, 3.05) is 0 Å². The van der Waals surface area contributed by atoms with Crippen molar-refractivity contribution in [1.82, 2.24) is 9.97 Å². The zero-order chi connectivity index (χ0) is 41.8. The minimum Gasteiger partial charge on any atom is -0.227 e. The van der Waals surface area contributed by atoms with E-state index in [0.717, 1.165) is 38.9 Å². The highest BCUT2D eigenvalue weighted by Crippen LogP contribution is 2.50. The Hall–Kier alpha value is -6.54. The SMILES string of the molecule is CC1(C)c2ccccc2-c2ccc(-c3nc(-c4ccc5ccccc5c4)c4c5cccc6ccc7cccc(c4n3)c7c65)cc21.ClC(Cl)Cl.N#Cc1ccc2ccccc2c1. The van der Waals surface area contributed by atoms with Crippen molar-refractivity contribution >= 4 is 99.6 Å². The number of aromatic nitrogens is 2. The van der Waals surface area contributed by atoms with Gasteiger partial charge in [-0.05, 0) is 95.0 Å². The molecule has 0 radical (unpaired) electrons. The van der Waals surface area contributed by atoms with E-state index in [2.05, 4.69) is 153 Å². The second kappa shape index (κ2) is 15.5. The van der Waals surface area contributed by atoms with Gasteiger partial charge in [0, 0.05) is 27.3 Å². The van der Waals surface area contributed by atoms with Crippen molar-refractivity contribution < 1.29 is 0 Å². The van der Waals surface area contributed by atoms with Crippen LogP contribution in [0.1, 0.15) is 30.5 Å². The fraction of sp³-hybridized carbons (Fsp3) is 0.0727. The van der Waals surface area contributed by atoms with E-state index in [0.29, 0.717) is 5.56 Å². The number of alkyl halides is 3. The standard InChI is InChI=1S/C43H28N2.C11H7N.CHCl3/c1-43(2)35-16-6-5-13-31(35)32-22-21-30(24-36(32)43)42-44-40(29-20-17-25-9-3-4-10-28(25)23-29)39-33-14-7-11-26-18-19-27-12-8-15-34(41(39)45-42)38(27)37(26)33;12-8-9-5-6-10-3-1-2-4-11(10)7-9;2-1(3)4/h3-24H,1-2H3;1-7H;1H. The van der Waals surface area contributed by atoms with Gasteiger partial charge in [-0.2, -0.15) is 5.26 Å². The van der Waals surface area contributed by atoms with Gasteiger partial charge in [-0.15, -0.1) is 0 Å². The lowest BCUT2D eigenvalue weighted by Gasteiger charge is -2.22. The summed E-state index contributed by atoms with van der Waals surface area (Å²) in [5.74, 6) is 0.759. The Kier molecular flexibility index (Phi) is 9.81. The zero-order valence-corrected chi connectivity index (χ0v) is 35.6. The lowest BCUT2D eigenvalue weighted by molar-refractivity contribution is 0.660. The molecule has 292 valence electrons. The van der Waals surface area contributed by atoms with Gasteiger partial charge < -0.3 is 0 Å². The summed E-state index contributed by atoms with van der Waals surface area (Å²) in [6.45, 7) is 4.65. The van der Waals surface area contributed by atoms with Crippen LogP contribution >= 0.6 is 34.8 Å². The van der Waals surface area contributed by atoms with Crippen molar-refractivity contribution in [2.24, 2.45) is 0 Å². The van der Waals surface area contributed by atoms with E-state index >= 15 is 0 Å². The lowest BCUT2D eigenvalue weighted by atomic mass is 9.82. The van der Waals surface area contributed by atoms with Crippen LogP contribution in [0, 0.1) is 11.3 Å². The molecule has 0 saturated heterocycles. The van der Waals surface area contributed by atoms with Gasteiger partial charge in [0.1, 0.15) is 0 Å². The first kappa shape index (κ1) is 38.6. The first-order chi connectivity index (χ1) is 29.7. The number of fused-ring (bicyclic) bond motifs is 8. The van der Waals surface area contributed by atoms with Crippen LogP contribution in [0.4, 0.5) is 0 Å². The number of benzene rings is 10. The molecule has 0 atom stereocenters. The van der Waals surface area contributed by atoms with Crippen LogP contribution in [-0.2, 0) is 5.41 Å². The summed E-state index contributed by atoms with van der Waals surface area (Å²) in [4.78, 5) is 10.9. The molecule has 0 fully saturated rings.